The van der Waals surface area contributed by atoms with Gasteiger partial charge in [0, 0.05) is 24.6 Å². The third kappa shape index (κ3) is 5.52. The summed E-state index contributed by atoms with van der Waals surface area (Å²) in [4.78, 5) is 22.7. The molecule has 5 nitrogen and oxygen atoms in total. The maximum absolute atomic E-state index is 11.7. The quantitative estimate of drug-likeness (QED) is 0.680. The Hall–Kier alpha value is -1.88. The van der Waals surface area contributed by atoms with E-state index in [2.05, 4.69) is 10.6 Å². The van der Waals surface area contributed by atoms with Crippen LogP contribution in [0.3, 0.4) is 0 Å². The molecule has 0 saturated carbocycles. The summed E-state index contributed by atoms with van der Waals surface area (Å²) in [6.45, 7) is 5.22. The number of nitrogens with one attached hydrogen (secondary N) is 2. The molecule has 0 heterocycles. The largest absolute Gasteiger partial charge is 0.366 e. The number of carbonyl (C=O) groups is 2. The monoisotopic (exact) mass is 263 g/mol. The summed E-state index contributed by atoms with van der Waals surface area (Å²) in [7, 11) is 0. The van der Waals surface area contributed by atoms with Gasteiger partial charge in [-0.05, 0) is 31.2 Å². The summed E-state index contributed by atoms with van der Waals surface area (Å²) in [5, 5.41) is 6.00. The molecule has 0 bridgehead atoms. The molecule has 0 spiro atoms. The highest BCUT2D eigenvalue weighted by Crippen LogP contribution is 2.04. The normalized spacial score (nSPS) is 11.9. The summed E-state index contributed by atoms with van der Waals surface area (Å²) < 4.78 is 0. The number of carbonyl (C=O) groups excluding carboxylic acids is 2. The Morgan fingerprint density at radius 2 is 2.11 bits per heavy atom. The van der Waals surface area contributed by atoms with E-state index in [-0.39, 0.29) is 11.9 Å². The average Bonchev–Trinajstić information content (AvgIpc) is 2.37. The van der Waals surface area contributed by atoms with Crippen molar-refractivity contribution in [2.24, 2.45) is 5.73 Å². The first-order chi connectivity index (χ1) is 9.02. The molecule has 1 rings (SSSR count). The molecule has 2 amide bonds. The van der Waals surface area contributed by atoms with Crippen LogP contribution in [-0.2, 0) is 11.3 Å². The van der Waals surface area contributed by atoms with Crippen LogP contribution in [0.1, 0.15) is 36.2 Å². The molecule has 1 aromatic carbocycles. The van der Waals surface area contributed by atoms with Gasteiger partial charge in [0.25, 0.3) is 0 Å². The zero-order chi connectivity index (χ0) is 14.3. The molecule has 0 aliphatic heterocycles. The SMILES string of the molecule is CCNC(C)CC(=O)NCc1cccc(C(N)=O)c1. The highest BCUT2D eigenvalue weighted by molar-refractivity contribution is 5.92. The van der Waals surface area contributed by atoms with Crippen LogP contribution in [0.25, 0.3) is 0 Å². The third-order valence-corrected chi connectivity index (χ3v) is 2.75. The van der Waals surface area contributed by atoms with Crippen molar-refractivity contribution in [1.29, 1.82) is 0 Å². The van der Waals surface area contributed by atoms with Crippen molar-refractivity contribution in [2.45, 2.75) is 32.9 Å². The van der Waals surface area contributed by atoms with Crippen molar-refractivity contribution < 1.29 is 9.59 Å². The number of rotatable bonds is 7. The Morgan fingerprint density at radius 3 is 2.74 bits per heavy atom. The van der Waals surface area contributed by atoms with Gasteiger partial charge < -0.3 is 16.4 Å². The zero-order valence-corrected chi connectivity index (χ0v) is 11.4. The fourth-order valence-corrected chi connectivity index (χ4v) is 1.81. The number of hydrogen-bond acceptors (Lipinski definition) is 3. The molecule has 104 valence electrons. The van der Waals surface area contributed by atoms with Crippen molar-refractivity contribution in [1.82, 2.24) is 10.6 Å². The molecule has 0 fully saturated rings. The van der Waals surface area contributed by atoms with Gasteiger partial charge in [-0.1, -0.05) is 19.1 Å². The molecule has 0 aromatic heterocycles. The first kappa shape index (κ1) is 15.2. The van der Waals surface area contributed by atoms with Gasteiger partial charge in [0.1, 0.15) is 0 Å². The maximum Gasteiger partial charge on any atom is 0.248 e. The van der Waals surface area contributed by atoms with Gasteiger partial charge in [0.05, 0.1) is 0 Å². The molecule has 19 heavy (non-hydrogen) atoms. The fraction of sp³-hybridized carbons (Fsp3) is 0.429. The lowest BCUT2D eigenvalue weighted by molar-refractivity contribution is -0.121. The molecule has 1 aromatic rings. The maximum atomic E-state index is 11.7. The van der Waals surface area contributed by atoms with Gasteiger partial charge in [-0.2, -0.15) is 0 Å². The smallest absolute Gasteiger partial charge is 0.248 e. The number of primary amides is 1. The third-order valence-electron chi connectivity index (χ3n) is 2.75. The van der Waals surface area contributed by atoms with Crippen molar-refractivity contribution in [3.8, 4) is 0 Å². The van der Waals surface area contributed by atoms with Crippen LogP contribution in [0.15, 0.2) is 24.3 Å². The lowest BCUT2D eigenvalue weighted by Gasteiger charge is -2.12. The van der Waals surface area contributed by atoms with E-state index in [4.69, 9.17) is 5.73 Å². The van der Waals surface area contributed by atoms with E-state index in [1.807, 2.05) is 19.9 Å². The minimum Gasteiger partial charge on any atom is -0.366 e. The van der Waals surface area contributed by atoms with Crippen molar-refractivity contribution in [2.75, 3.05) is 6.54 Å². The van der Waals surface area contributed by atoms with Crippen LogP contribution in [-0.4, -0.2) is 24.4 Å². The topological polar surface area (TPSA) is 84.2 Å². The minimum atomic E-state index is -0.464. The Kier molecular flexibility index (Phi) is 6.02. The van der Waals surface area contributed by atoms with Crippen molar-refractivity contribution in [3.05, 3.63) is 35.4 Å². The van der Waals surface area contributed by atoms with Crippen LogP contribution in [0, 0.1) is 0 Å². The number of nitrogens with two attached hydrogens (primary N) is 1. The van der Waals surface area contributed by atoms with Crippen LogP contribution >= 0.6 is 0 Å². The number of amides is 2. The molecule has 4 N–H and O–H groups in total. The lowest BCUT2D eigenvalue weighted by atomic mass is 10.1. The van der Waals surface area contributed by atoms with Gasteiger partial charge >= 0.3 is 0 Å². The molecule has 0 saturated heterocycles. The molecular formula is C14H21N3O2. The van der Waals surface area contributed by atoms with E-state index >= 15 is 0 Å². The number of hydrogen-bond donors (Lipinski definition) is 3. The summed E-state index contributed by atoms with van der Waals surface area (Å²) in [6.07, 6.45) is 0.434. The van der Waals surface area contributed by atoms with Gasteiger partial charge in [0.15, 0.2) is 0 Å². The van der Waals surface area contributed by atoms with Gasteiger partial charge in [0.2, 0.25) is 11.8 Å². The van der Waals surface area contributed by atoms with E-state index in [0.717, 1.165) is 12.1 Å². The second-order valence-electron chi connectivity index (χ2n) is 4.50. The van der Waals surface area contributed by atoms with E-state index < -0.39 is 5.91 Å². The van der Waals surface area contributed by atoms with E-state index in [9.17, 15) is 9.59 Å². The van der Waals surface area contributed by atoms with E-state index in [1.54, 1.807) is 18.2 Å². The first-order valence-corrected chi connectivity index (χ1v) is 6.41. The molecule has 0 aliphatic carbocycles. The predicted molar refractivity (Wildman–Crippen MR) is 74.6 cm³/mol. The van der Waals surface area contributed by atoms with Crippen LogP contribution in [0.5, 0.6) is 0 Å². The average molecular weight is 263 g/mol. The molecule has 5 heteroatoms. The predicted octanol–water partition coefficient (Wildman–Crippen LogP) is 0.790. The van der Waals surface area contributed by atoms with E-state index in [1.165, 1.54) is 0 Å². The van der Waals surface area contributed by atoms with Crippen molar-refractivity contribution >= 4 is 11.8 Å². The minimum absolute atomic E-state index is 0.0158. The fourth-order valence-electron chi connectivity index (χ4n) is 1.81. The molecule has 1 atom stereocenters. The van der Waals surface area contributed by atoms with Gasteiger partial charge in [-0.25, -0.2) is 0 Å². The standard InChI is InChI=1S/C14H21N3O2/c1-3-16-10(2)7-13(18)17-9-11-5-4-6-12(8-11)14(15)19/h4-6,8,10,16H,3,7,9H2,1-2H3,(H2,15,19)(H,17,18). The summed E-state index contributed by atoms with van der Waals surface area (Å²) in [5.41, 5.74) is 6.52. The van der Waals surface area contributed by atoms with Gasteiger partial charge in [-0.15, -0.1) is 0 Å². The highest BCUT2D eigenvalue weighted by Gasteiger charge is 2.08. The molecule has 1 unspecified atom stereocenters. The number of benzene rings is 1. The second kappa shape index (κ2) is 7.53. The Balaban J connectivity index is 2.46. The Morgan fingerprint density at radius 1 is 1.37 bits per heavy atom. The van der Waals surface area contributed by atoms with Crippen LogP contribution in [0.2, 0.25) is 0 Å². The summed E-state index contributed by atoms with van der Waals surface area (Å²) in [6, 6.07) is 7.10. The van der Waals surface area contributed by atoms with Crippen molar-refractivity contribution in [3.63, 3.8) is 0 Å². The second-order valence-corrected chi connectivity index (χ2v) is 4.50. The first-order valence-electron chi connectivity index (χ1n) is 6.41. The van der Waals surface area contributed by atoms with Crippen LogP contribution in [0.4, 0.5) is 0 Å². The highest BCUT2D eigenvalue weighted by atomic mass is 16.2. The molecule has 0 aliphatic rings. The zero-order valence-electron chi connectivity index (χ0n) is 11.4. The lowest BCUT2D eigenvalue weighted by Crippen LogP contribution is -2.33. The summed E-state index contributed by atoms with van der Waals surface area (Å²) in [5.74, 6) is -0.480. The molecule has 0 radical (unpaired) electrons. The van der Waals surface area contributed by atoms with E-state index in [0.29, 0.717) is 18.5 Å². The Labute approximate surface area is 113 Å². The van der Waals surface area contributed by atoms with Crippen LogP contribution < -0.4 is 16.4 Å². The molecular weight excluding hydrogens is 242 g/mol. The Bertz CT molecular complexity index is 446. The summed E-state index contributed by atoms with van der Waals surface area (Å²) >= 11 is 0. The van der Waals surface area contributed by atoms with Gasteiger partial charge in [-0.3, -0.25) is 9.59 Å².